The molecule has 20 heavy (non-hydrogen) atoms. The highest BCUT2D eigenvalue weighted by Gasteiger charge is 2.37. The molecule has 0 saturated carbocycles. The van der Waals surface area contributed by atoms with Crippen LogP contribution in [0.1, 0.15) is 16.8 Å². The topological polar surface area (TPSA) is 131 Å². The van der Waals surface area contributed by atoms with Gasteiger partial charge >= 0.3 is 5.97 Å². The third-order valence-electron chi connectivity index (χ3n) is 3.19. The summed E-state index contributed by atoms with van der Waals surface area (Å²) in [4.78, 5) is 10.9. The lowest BCUT2D eigenvalue weighted by Crippen LogP contribution is -2.45. The molecule has 1 atom stereocenters. The van der Waals surface area contributed by atoms with E-state index in [2.05, 4.69) is 14.9 Å². The number of methoxy groups -OCH3 is 1. The highest BCUT2D eigenvalue weighted by molar-refractivity contribution is 7.89. The number of carbonyl (C=O) groups is 1. The predicted molar refractivity (Wildman–Crippen MR) is 65.9 cm³/mol. The summed E-state index contributed by atoms with van der Waals surface area (Å²) in [5, 5.41) is 14.0. The van der Waals surface area contributed by atoms with E-state index in [4.69, 9.17) is 14.6 Å². The summed E-state index contributed by atoms with van der Waals surface area (Å²) < 4.78 is 37.0. The van der Waals surface area contributed by atoms with E-state index in [0.29, 0.717) is 13.0 Å². The normalized spacial score (nSPS) is 23.1. The van der Waals surface area contributed by atoms with E-state index in [-0.39, 0.29) is 13.2 Å². The number of aromatic amines is 1. The molecule has 0 aliphatic carbocycles. The molecule has 1 unspecified atom stereocenters. The molecule has 0 radical (unpaired) electrons. The Morgan fingerprint density at radius 3 is 3.00 bits per heavy atom. The van der Waals surface area contributed by atoms with Gasteiger partial charge < -0.3 is 14.6 Å². The molecule has 2 heterocycles. The van der Waals surface area contributed by atoms with Crippen molar-refractivity contribution in [3.63, 3.8) is 0 Å². The molecule has 1 saturated heterocycles. The maximum Gasteiger partial charge on any atom is 0.340 e. The molecule has 112 valence electrons. The average molecular weight is 305 g/mol. The first-order chi connectivity index (χ1) is 9.40. The average Bonchev–Trinajstić information content (AvgIpc) is 3.06. The first-order valence-electron chi connectivity index (χ1n) is 5.79. The maximum absolute atomic E-state index is 12.1. The minimum atomic E-state index is -4.01. The second-order valence-electron chi connectivity index (χ2n) is 4.43. The van der Waals surface area contributed by atoms with Crippen molar-refractivity contribution in [1.29, 1.82) is 0 Å². The molecule has 1 aromatic rings. The molecule has 1 fully saturated rings. The second kappa shape index (κ2) is 5.48. The quantitative estimate of drug-likeness (QED) is 0.626. The molecule has 0 bridgehead atoms. The minimum absolute atomic E-state index is 0.0100. The Balaban J connectivity index is 2.15. The van der Waals surface area contributed by atoms with Gasteiger partial charge in [-0.25, -0.2) is 17.9 Å². The van der Waals surface area contributed by atoms with E-state index in [9.17, 15) is 13.2 Å². The fraction of sp³-hybridized carbons (Fsp3) is 0.600. The predicted octanol–water partition coefficient (Wildman–Crippen LogP) is -0.808. The van der Waals surface area contributed by atoms with Crippen LogP contribution < -0.4 is 4.72 Å². The van der Waals surface area contributed by atoms with Gasteiger partial charge in [0.2, 0.25) is 0 Å². The van der Waals surface area contributed by atoms with Crippen LogP contribution in [0, 0.1) is 0 Å². The van der Waals surface area contributed by atoms with Crippen LogP contribution in [0.25, 0.3) is 0 Å². The molecular formula is C10H15N3O6S. The number of carboxylic acids is 1. The van der Waals surface area contributed by atoms with E-state index >= 15 is 0 Å². The zero-order chi connectivity index (χ0) is 14.8. The number of carboxylic acid groups (broad SMARTS) is 1. The summed E-state index contributed by atoms with van der Waals surface area (Å²) >= 11 is 0. The van der Waals surface area contributed by atoms with E-state index in [0.717, 1.165) is 6.20 Å². The summed E-state index contributed by atoms with van der Waals surface area (Å²) in [6, 6.07) is 0. The Hall–Kier alpha value is -1.49. The molecule has 0 aromatic carbocycles. The summed E-state index contributed by atoms with van der Waals surface area (Å²) in [6.07, 6.45) is 1.50. The molecular weight excluding hydrogens is 290 g/mol. The van der Waals surface area contributed by atoms with Crippen molar-refractivity contribution < 1.29 is 27.8 Å². The van der Waals surface area contributed by atoms with E-state index in [1.807, 2.05) is 0 Å². The molecule has 2 rings (SSSR count). The molecule has 1 aliphatic heterocycles. The SMILES string of the molecule is COC1(CNS(=O)(=O)c2[nH]ncc2C(=O)O)CCOC1. The van der Waals surface area contributed by atoms with Gasteiger partial charge in [0.05, 0.1) is 12.8 Å². The number of aromatic nitrogens is 2. The Kier molecular flexibility index (Phi) is 4.09. The minimum Gasteiger partial charge on any atom is -0.478 e. The zero-order valence-electron chi connectivity index (χ0n) is 10.7. The van der Waals surface area contributed by atoms with Gasteiger partial charge in [0.1, 0.15) is 11.2 Å². The monoisotopic (exact) mass is 305 g/mol. The highest BCUT2D eigenvalue weighted by Crippen LogP contribution is 2.22. The third kappa shape index (κ3) is 2.82. The lowest BCUT2D eigenvalue weighted by molar-refractivity contribution is -0.0120. The molecule has 1 aromatic heterocycles. The van der Waals surface area contributed by atoms with Crippen molar-refractivity contribution in [3.05, 3.63) is 11.8 Å². The van der Waals surface area contributed by atoms with Gasteiger partial charge in [-0.2, -0.15) is 5.10 Å². The molecule has 1 aliphatic rings. The summed E-state index contributed by atoms with van der Waals surface area (Å²) in [6.45, 7) is 0.755. The van der Waals surface area contributed by atoms with Crippen molar-refractivity contribution in [2.45, 2.75) is 17.0 Å². The number of H-pyrrole nitrogens is 1. The molecule has 3 N–H and O–H groups in total. The first-order valence-corrected chi connectivity index (χ1v) is 7.28. The summed E-state index contributed by atoms with van der Waals surface area (Å²) in [5.74, 6) is -1.37. The number of rotatable bonds is 6. The van der Waals surface area contributed by atoms with Crippen molar-refractivity contribution in [2.75, 3.05) is 26.9 Å². The molecule has 10 heteroatoms. The van der Waals surface area contributed by atoms with Gasteiger partial charge in [0.15, 0.2) is 5.03 Å². The Morgan fingerprint density at radius 1 is 1.70 bits per heavy atom. The zero-order valence-corrected chi connectivity index (χ0v) is 11.6. The Morgan fingerprint density at radius 2 is 2.45 bits per heavy atom. The molecule has 0 spiro atoms. The Bertz CT molecular complexity index is 590. The van der Waals surface area contributed by atoms with Gasteiger partial charge in [0.25, 0.3) is 10.0 Å². The fourth-order valence-electron chi connectivity index (χ4n) is 1.89. The van der Waals surface area contributed by atoms with Crippen LogP contribution in [0.5, 0.6) is 0 Å². The van der Waals surface area contributed by atoms with Gasteiger partial charge in [-0.15, -0.1) is 0 Å². The number of nitrogens with zero attached hydrogens (tertiary/aromatic N) is 1. The van der Waals surface area contributed by atoms with Crippen LogP contribution in [-0.4, -0.2) is 62.2 Å². The van der Waals surface area contributed by atoms with E-state index in [1.54, 1.807) is 0 Å². The first kappa shape index (κ1) is 14.9. The van der Waals surface area contributed by atoms with Crippen LogP contribution >= 0.6 is 0 Å². The molecule has 9 nitrogen and oxygen atoms in total. The number of hydrogen-bond acceptors (Lipinski definition) is 6. The number of aromatic carboxylic acids is 1. The lowest BCUT2D eigenvalue weighted by atomic mass is 10.0. The second-order valence-corrected chi connectivity index (χ2v) is 6.14. The summed E-state index contributed by atoms with van der Waals surface area (Å²) in [7, 11) is -2.54. The van der Waals surface area contributed by atoms with Crippen molar-refractivity contribution in [2.24, 2.45) is 0 Å². The smallest absolute Gasteiger partial charge is 0.340 e. The highest BCUT2D eigenvalue weighted by atomic mass is 32.2. The number of ether oxygens (including phenoxy) is 2. The van der Waals surface area contributed by atoms with Crippen LogP contribution in [0.2, 0.25) is 0 Å². The van der Waals surface area contributed by atoms with Crippen molar-refractivity contribution >= 4 is 16.0 Å². The standard InChI is InChI=1S/C10H15N3O6S/c1-18-10(2-3-19-6-10)5-12-20(16,17)8-7(9(14)15)4-11-13-8/h4,12H,2-3,5-6H2,1H3,(H,11,13)(H,14,15). The number of hydrogen-bond donors (Lipinski definition) is 3. The van der Waals surface area contributed by atoms with E-state index in [1.165, 1.54) is 7.11 Å². The fourth-order valence-corrected chi connectivity index (χ4v) is 3.09. The van der Waals surface area contributed by atoms with Gasteiger partial charge in [-0.3, -0.25) is 5.10 Å². The van der Waals surface area contributed by atoms with Crippen LogP contribution in [-0.2, 0) is 19.5 Å². The maximum atomic E-state index is 12.1. The van der Waals surface area contributed by atoms with E-state index < -0.39 is 32.2 Å². The van der Waals surface area contributed by atoms with Gasteiger partial charge in [-0.05, 0) is 0 Å². The van der Waals surface area contributed by atoms with Crippen LogP contribution in [0.4, 0.5) is 0 Å². The number of nitrogens with one attached hydrogen (secondary N) is 2. The van der Waals surface area contributed by atoms with Gasteiger partial charge in [-0.1, -0.05) is 0 Å². The molecule has 0 amide bonds. The van der Waals surface area contributed by atoms with Crippen LogP contribution in [0.3, 0.4) is 0 Å². The third-order valence-corrected chi connectivity index (χ3v) is 4.56. The summed E-state index contributed by atoms with van der Waals surface area (Å²) in [5.41, 5.74) is -1.14. The largest absolute Gasteiger partial charge is 0.478 e. The van der Waals surface area contributed by atoms with Crippen molar-refractivity contribution in [1.82, 2.24) is 14.9 Å². The van der Waals surface area contributed by atoms with Crippen molar-refractivity contribution in [3.8, 4) is 0 Å². The lowest BCUT2D eigenvalue weighted by Gasteiger charge is -2.25. The number of sulfonamides is 1. The Labute approximate surface area is 115 Å². The van der Waals surface area contributed by atoms with Gasteiger partial charge in [0, 0.05) is 26.7 Å². The van der Waals surface area contributed by atoms with Crippen LogP contribution in [0.15, 0.2) is 11.2 Å².